The van der Waals surface area contributed by atoms with Gasteiger partial charge in [-0.3, -0.25) is 9.59 Å². The number of anilines is 2. The van der Waals surface area contributed by atoms with Crippen LogP contribution in [0.2, 0.25) is 0 Å². The van der Waals surface area contributed by atoms with E-state index in [9.17, 15) is 9.59 Å². The highest BCUT2D eigenvalue weighted by atomic mass is 32.2. The minimum atomic E-state index is -0.108. The van der Waals surface area contributed by atoms with E-state index in [1.54, 1.807) is 11.8 Å². The van der Waals surface area contributed by atoms with Crippen molar-refractivity contribution in [2.75, 3.05) is 37.0 Å². The molecule has 5 nitrogen and oxygen atoms in total. The summed E-state index contributed by atoms with van der Waals surface area (Å²) in [5.74, 6) is -0.207. The molecule has 0 aromatic heterocycles. The highest BCUT2D eigenvalue weighted by molar-refractivity contribution is 7.98. The van der Waals surface area contributed by atoms with Crippen molar-refractivity contribution >= 4 is 35.0 Å². The zero-order chi connectivity index (χ0) is 19.1. The van der Waals surface area contributed by atoms with Gasteiger partial charge in [-0.1, -0.05) is 30.3 Å². The van der Waals surface area contributed by atoms with E-state index in [1.807, 2.05) is 69.6 Å². The molecule has 0 saturated carbocycles. The molecule has 0 heterocycles. The number of para-hydroxylation sites is 2. The van der Waals surface area contributed by atoms with Crippen molar-refractivity contribution in [2.24, 2.45) is 0 Å². The number of nitrogens with one attached hydrogen (secondary N) is 3. The summed E-state index contributed by atoms with van der Waals surface area (Å²) in [4.78, 5) is 26.4. The number of carbonyl (C=O) groups excluding carboxylic acids is 2. The molecule has 2 aromatic rings. The molecule has 138 valence electrons. The van der Waals surface area contributed by atoms with E-state index in [-0.39, 0.29) is 24.9 Å². The predicted molar refractivity (Wildman–Crippen MR) is 108 cm³/mol. The molecule has 26 heavy (non-hydrogen) atoms. The first-order valence-corrected chi connectivity index (χ1v) is 9.73. The summed E-state index contributed by atoms with van der Waals surface area (Å²) in [6.07, 6.45) is 1.97. The van der Waals surface area contributed by atoms with Crippen LogP contribution >= 0.6 is 11.8 Å². The van der Waals surface area contributed by atoms with E-state index < -0.39 is 0 Å². The van der Waals surface area contributed by atoms with Crippen LogP contribution in [0.25, 0.3) is 0 Å². The predicted octanol–water partition coefficient (Wildman–Crippen LogP) is 2.12. The van der Waals surface area contributed by atoms with Gasteiger partial charge in [0.2, 0.25) is 0 Å². The van der Waals surface area contributed by atoms with Crippen LogP contribution in [-0.4, -0.2) is 38.2 Å². The SMILES string of the molecule is CSc1ccccc1NC(=O)C[NH+](C)CC(=O)Nc1c(C)cccc1C. The number of carbonyl (C=O) groups is 2. The van der Waals surface area contributed by atoms with Crippen molar-refractivity contribution in [1.82, 2.24) is 0 Å². The zero-order valence-corrected chi connectivity index (χ0v) is 16.5. The van der Waals surface area contributed by atoms with Crippen LogP contribution in [0.4, 0.5) is 11.4 Å². The minimum absolute atomic E-state index is 0.0998. The van der Waals surface area contributed by atoms with Crippen molar-refractivity contribution in [2.45, 2.75) is 18.7 Å². The van der Waals surface area contributed by atoms with Crippen LogP contribution in [0.1, 0.15) is 11.1 Å². The van der Waals surface area contributed by atoms with Crippen LogP contribution in [0, 0.1) is 13.8 Å². The van der Waals surface area contributed by atoms with Gasteiger partial charge in [-0.15, -0.1) is 11.8 Å². The van der Waals surface area contributed by atoms with Crippen molar-refractivity contribution in [3.8, 4) is 0 Å². The summed E-state index contributed by atoms with van der Waals surface area (Å²) >= 11 is 1.59. The number of quaternary nitrogens is 1. The monoisotopic (exact) mass is 372 g/mol. The molecule has 0 aliphatic carbocycles. The molecule has 0 aliphatic rings. The number of aryl methyl sites for hydroxylation is 2. The summed E-state index contributed by atoms with van der Waals surface area (Å²) in [5, 5.41) is 5.88. The minimum Gasteiger partial charge on any atom is -0.322 e. The van der Waals surface area contributed by atoms with Gasteiger partial charge in [0.15, 0.2) is 13.1 Å². The Morgan fingerprint density at radius 2 is 1.50 bits per heavy atom. The van der Waals surface area contributed by atoms with Gasteiger partial charge in [0.1, 0.15) is 0 Å². The molecule has 1 unspecified atom stereocenters. The molecule has 0 fully saturated rings. The first-order chi connectivity index (χ1) is 12.4. The molecule has 2 rings (SSSR count). The van der Waals surface area contributed by atoms with Crippen LogP contribution in [0.15, 0.2) is 47.4 Å². The fraction of sp³-hybridized carbons (Fsp3) is 0.300. The fourth-order valence-corrected chi connectivity index (χ4v) is 3.30. The van der Waals surface area contributed by atoms with Gasteiger partial charge in [-0.2, -0.15) is 0 Å². The molecule has 0 spiro atoms. The topological polar surface area (TPSA) is 62.6 Å². The molecule has 3 N–H and O–H groups in total. The molecule has 2 aromatic carbocycles. The van der Waals surface area contributed by atoms with Crippen LogP contribution in [-0.2, 0) is 9.59 Å². The third-order valence-corrected chi connectivity index (χ3v) is 4.85. The van der Waals surface area contributed by atoms with Crippen molar-refractivity contribution < 1.29 is 14.5 Å². The summed E-state index contributed by atoms with van der Waals surface area (Å²) in [6, 6.07) is 13.6. The van der Waals surface area contributed by atoms with E-state index in [4.69, 9.17) is 0 Å². The molecule has 0 aliphatic heterocycles. The van der Waals surface area contributed by atoms with E-state index in [1.165, 1.54) is 0 Å². The summed E-state index contributed by atoms with van der Waals surface area (Å²) < 4.78 is 0. The Balaban J connectivity index is 1.88. The van der Waals surface area contributed by atoms with E-state index in [2.05, 4.69) is 10.6 Å². The first kappa shape index (κ1) is 20.0. The lowest BCUT2D eigenvalue weighted by Crippen LogP contribution is -3.11. The quantitative estimate of drug-likeness (QED) is 0.653. The highest BCUT2D eigenvalue weighted by Crippen LogP contribution is 2.24. The van der Waals surface area contributed by atoms with Crippen molar-refractivity contribution in [1.29, 1.82) is 0 Å². The second-order valence-corrected chi connectivity index (χ2v) is 7.22. The second kappa shape index (κ2) is 9.40. The number of thioether (sulfide) groups is 1. The Morgan fingerprint density at radius 1 is 0.923 bits per heavy atom. The van der Waals surface area contributed by atoms with Gasteiger partial charge in [-0.25, -0.2) is 0 Å². The van der Waals surface area contributed by atoms with Crippen molar-refractivity contribution in [3.05, 3.63) is 53.6 Å². The maximum absolute atomic E-state index is 12.3. The Hall–Kier alpha value is -2.31. The summed E-state index contributed by atoms with van der Waals surface area (Å²) in [5.41, 5.74) is 3.71. The number of rotatable bonds is 7. The van der Waals surface area contributed by atoms with Gasteiger partial charge >= 0.3 is 0 Å². The number of hydrogen-bond donors (Lipinski definition) is 3. The lowest BCUT2D eigenvalue weighted by molar-refractivity contribution is -0.862. The summed E-state index contributed by atoms with van der Waals surface area (Å²) in [6.45, 7) is 4.39. The third-order valence-electron chi connectivity index (χ3n) is 4.05. The number of hydrogen-bond acceptors (Lipinski definition) is 3. The number of benzene rings is 2. The lowest BCUT2D eigenvalue weighted by atomic mass is 10.1. The van der Waals surface area contributed by atoms with Gasteiger partial charge in [0, 0.05) is 10.6 Å². The average Bonchev–Trinajstić information content (AvgIpc) is 2.58. The largest absolute Gasteiger partial charge is 0.322 e. The first-order valence-electron chi connectivity index (χ1n) is 8.51. The fourth-order valence-electron chi connectivity index (χ4n) is 2.75. The maximum atomic E-state index is 12.3. The smallest absolute Gasteiger partial charge is 0.279 e. The van der Waals surface area contributed by atoms with Gasteiger partial charge in [0.25, 0.3) is 11.8 Å². The summed E-state index contributed by atoms with van der Waals surface area (Å²) in [7, 11) is 1.84. The van der Waals surface area contributed by atoms with Crippen LogP contribution in [0.3, 0.4) is 0 Å². The van der Waals surface area contributed by atoms with Crippen LogP contribution in [0.5, 0.6) is 0 Å². The maximum Gasteiger partial charge on any atom is 0.279 e. The normalized spacial score (nSPS) is 11.7. The highest BCUT2D eigenvalue weighted by Gasteiger charge is 2.16. The molecule has 1 atom stereocenters. The zero-order valence-electron chi connectivity index (χ0n) is 15.7. The van der Waals surface area contributed by atoms with E-state index in [0.717, 1.165) is 32.3 Å². The van der Waals surface area contributed by atoms with Crippen LogP contribution < -0.4 is 15.5 Å². The molecular weight excluding hydrogens is 346 g/mol. The van der Waals surface area contributed by atoms with E-state index >= 15 is 0 Å². The standard InChI is InChI=1S/C20H25N3O2S/c1-14-8-7-9-15(2)20(14)22-19(25)13-23(3)12-18(24)21-16-10-5-6-11-17(16)26-4/h5-11H,12-13H2,1-4H3,(H,21,24)(H,22,25)/p+1. The van der Waals surface area contributed by atoms with Gasteiger partial charge < -0.3 is 15.5 Å². The Morgan fingerprint density at radius 3 is 2.12 bits per heavy atom. The Kier molecular flexibility index (Phi) is 7.24. The molecule has 0 saturated heterocycles. The average molecular weight is 373 g/mol. The lowest BCUT2D eigenvalue weighted by Gasteiger charge is -2.16. The van der Waals surface area contributed by atoms with Gasteiger partial charge in [0.05, 0.1) is 12.7 Å². The molecule has 2 amide bonds. The van der Waals surface area contributed by atoms with Crippen molar-refractivity contribution in [3.63, 3.8) is 0 Å². The molecule has 6 heteroatoms. The molecule has 0 radical (unpaired) electrons. The van der Waals surface area contributed by atoms with E-state index in [0.29, 0.717) is 0 Å². The number of amides is 2. The Labute approximate surface area is 159 Å². The van der Waals surface area contributed by atoms with Gasteiger partial charge in [-0.05, 0) is 43.4 Å². The second-order valence-electron chi connectivity index (χ2n) is 6.37. The third kappa shape index (κ3) is 5.61. The molecule has 0 bridgehead atoms. The Bertz CT molecular complexity index is 772. The molecular formula is C20H26N3O2S+. The number of likely N-dealkylation sites (N-methyl/N-ethyl adjacent to an activating group) is 1.